The summed E-state index contributed by atoms with van der Waals surface area (Å²) in [4.78, 5) is 2.31. The lowest BCUT2D eigenvalue weighted by atomic mass is 10.2. The van der Waals surface area contributed by atoms with E-state index >= 15 is 0 Å². The lowest BCUT2D eigenvalue weighted by molar-refractivity contribution is -0.00522. The van der Waals surface area contributed by atoms with Crippen LogP contribution in [-0.2, 0) is 4.74 Å². The molecule has 2 unspecified atom stereocenters. The van der Waals surface area contributed by atoms with Gasteiger partial charge >= 0.3 is 0 Å². The summed E-state index contributed by atoms with van der Waals surface area (Å²) < 4.78 is 11.0. The third-order valence-electron chi connectivity index (χ3n) is 3.00. The number of nitrogens with two attached hydrogens (primary N) is 1. The van der Waals surface area contributed by atoms with Crippen LogP contribution in [0, 0.1) is 0 Å². The van der Waals surface area contributed by atoms with E-state index in [2.05, 4.69) is 18.7 Å². The van der Waals surface area contributed by atoms with Crippen molar-refractivity contribution in [3.63, 3.8) is 0 Å². The first-order chi connectivity index (χ1) is 8.10. The highest BCUT2D eigenvalue weighted by molar-refractivity contribution is 5.62. The van der Waals surface area contributed by atoms with Crippen molar-refractivity contribution < 1.29 is 9.47 Å². The molecule has 1 aromatic carbocycles. The molecule has 1 saturated heterocycles. The Hall–Kier alpha value is -1.42. The lowest BCUT2D eigenvalue weighted by Crippen LogP contribution is -2.45. The van der Waals surface area contributed by atoms with Crippen LogP contribution in [0.25, 0.3) is 0 Å². The highest BCUT2D eigenvalue weighted by Crippen LogP contribution is 2.29. The van der Waals surface area contributed by atoms with E-state index in [1.807, 2.05) is 18.2 Å². The van der Waals surface area contributed by atoms with Gasteiger partial charge in [0.25, 0.3) is 0 Å². The molecule has 17 heavy (non-hydrogen) atoms. The molecule has 1 aromatic rings. The molecule has 2 rings (SSSR count). The number of ether oxygens (including phenoxy) is 2. The van der Waals surface area contributed by atoms with Crippen LogP contribution in [0.1, 0.15) is 13.8 Å². The summed E-state index contributed by atoms with van der Waals surface area (Å²) in [7, 11) is 1.64. The zero-order valence-corrected chi connectivity index (χ0v) is 10.6. The summed E-state index contributed by atoms with van der Waals surface area (Å²) >= 11 is 0. The molecule has 0 amide bonds. The summed E-state index contributed by atoms with van der Waals surface area (Å²) in [6, 6.07) is 5.90. The molecule has 0 aliphatic carbocycles. The first-order valence-corrected chi connectivity index (χ1v) is 5.94. The standard InChI is InChI=1S/C13H20N2O2/c1-9-7-15(8-10(2)17-9)11-4-5-12(14)13(6-11)16-3/h4-6,9-10H,7-8,14H2,1-3H3. The topological polar surface area (TPSA) is 47.7 Å². The van der Waals surface area contributed by atoms with E-state index in [4.69, 9.17) is 15.2 Å². The predicted molar refractivity (Wildman–Crippen MR) is 69.6 cm³/mol. The van der Waals surface area contributed by atoms with Gasteiger partial charge in [0.1, 0.15) is 5.75 Å². The van der Waals surface area contributed by atoms with Gasteiger partial charge in [0.15, 0.2) is 0 Å². The van der Waals surface area contributed by atoms with Crippen molar-refractivity contribution in [3.05, 3.63) is 18.2 Å². The number of nitrogens with zero attached hydrogens (tertiary/aromatic N) is 1. The van der Waals surface area contributed by atoms with E-state index < -0.39 is 0 Å². The summed E-state index contributed by atoms with van der Waals surface area (Å²) in [6.07, 6.45) is 0.504. The van der Waals surface area contributed by atoms with Crippen molar-refractivity contribution in [2.75, 3.05) is 30.8 Å². The second-order valence-corrected chi connectivity index (χ2v) is 4.59. The van der Waals surface area contributed by atoms with Crippen molar-refractivity contribution in [3.8, 4) is 5.75 Å². The van der Waals surface area contributed by atoms with Crippen molar-refractivity contribution in [1.29, 1.82) is 0 Å². The molecule has 1 aliphatic heterocycles. The van der Waals surface area contributed by atoms with E-state index in [0.717, 1.165) is 24.5 Å². The monoisotopic (exact) mass is 236 g/mol. The maximum atomic E-state index is 5.82. The Morgan fingerprint density at radius 1 is 1.29 bits per heavy atom. The van der Waals surface area contributed by atoms with Crippen LogP contribution in [0.15, 0.2) is 18.2 Å². The Morgan fingerprint density at radius 2 is 1.94 bits per heavy atom. The Kier molecular flexibility index (Phi) is 3.43. The van der Waals surface area contributed by atoms with Crippen LogP contribution >= 0.6 is 0 Å². The predicted octanol–water partition coefficient (Wildman–Crippen LogP) is 1.89. The molecule has 2 N–H and O–H groups in total. The SMILES string of the molecule is COc1cc(N2CC(C)OC(C)C2)ccc1N. The number of benzene rings is 1. The molecule has 4 nitrogen and oxygen atoms in total. The van der Waals surface area contributed by atoms with E-state index in [-0.39, 0.29) is 12.2 Å². The van der Waals surface area contributed by atoms with Crippen molar-refractivity contribution in [2.24, 2.45) is 0 Å². The average molecular weight is 236 g/mol. The van der Waals surface area contributed by atoms with Gasteiger partial charge in [-0.15, -0.1) is 0 Å². The van der Waals surface area contributed by atoms with Crippen LogP contribution in [-0.4, -0.2) is 32.4 Å². The number of hydrogen-bond acceptors (Lipinski definition) is 4. The van der Waals surface area contributed by atoms with E-state index in [1.165, 1.54) is 0 Å². The van der Waals surface area contributed by atoms with Gasteiger partial charge in [-0.3, -0.25) is 0 Å². The summed E-state index contributed by atoms with van der Waals surface area (Å²) in [5.74, 6) is 0.731. The molecule has 1 fully saturated rings. The highest BCUT2D eigenvalue weighted by Gasteiger charge is 2.22. The average Bonchev–Trinajstić information content (AvgIpc) is 2.28. The molecule has 94 valence electrons. The number of anilines is 2. The molecular weight excluding hydrogens is 216 g/mol. The smallest absolute Gasteiger partial charge is 0.143 e. The number of nitrogen functional groups attached to an aromatic ring is 1. The Bertz CT molecular complexity index is 385. The Balaban J connectivity index is 2.21. The normalized spacial score (nSPS) is 24.8. The van der Waals surface area contributed by atoms with Crippen LogP contribution < -0.4 is 15.4 Å². The maximum Gasteiger partial charge on any atom is 0.143 e. The second kappa shape index (κ2) is 4.84. The van der Waals surface area contributed by atoms with Gasteiger partial charge in [-0.25, -0.2) is 0 Å². The van der Waals surface area contributed by atoms with Gasteiger partial charge < -0.3 is 20.1 Å². The minimum atomic E-state index is 0.252. The Morgan fingerprint density at radius 3 is 2.53 bits per heavy atom. The van der Waals surface area contributed by atoms with Gasteiger partial charge in [-0.2, -0.15) is 0 Å². The van der Waals surface area contributed by atoms with Gasteiger partial charge in [-0.05, 0) is 26.0 Å². The van der Waals surface area contributed by atoms with E-state index in [0.29, 0.717) is 5.69 Å². The van der Waals surface area contributed by atoms with Gasteiger partial charge in [0.2, 0.25) is 0 Å². The van der Waals surface area contributed by atoms with Crippen LogP contribution in [0.3, 0.4) is 0 Å². The minimum absolute atomic E-state index is 0.252. The van der Waals surface area contributed by atoms with Crippen molar-refractivity contribution in [2.45, 2.75) is 26.1 Å². The number of rotatable bonds is 2. The lowest BCUT2D eigenvalue weighted by Gasteiger charge is -2.37. The summed E-state index contributed by atoms with van der Waals surface area (Å²) in [5.41, 5.74) is 7.62. The number of hydrogen-bond donors (Lipinski definition) is 1. The van der Waals surface area contributed by atoms with Crippen LogP contribution in [0.4, 0.5) is 11.4 Å². The van der Waals surface area contributed by atoms with E-state index in [9.17, 15) is 0 Å². The molecule has 0 saturated carbocycles. The van der Waals surface area contributed by atoms with Crippen LogP contribution in [0.5, 0.6) is 5.75 Å². The van der Waals surface area contributed by atoms with Gasteiger partial charge in [0.05, 0.1) is 25.0 Å². The largest absolute Gasteiger partial charge is 0.495 e. The quantitative estimate of drug-likeness (QED) is 0.797. The molecule has 1 heterocycles. The summed E-state index contributed by atoms with van der Waals surface area (Å²) in [5, 5.41) is 0. The van der Waals surface area contributed by atoms with E-state index in [1.54, 1.807) is 7.11 Å². The molecular formula is C13H20N2O2. The third kappa shape index (κ3) is 2.64. The maximum absolute atomic E-state index is 5.82. The first-order valence-electron chi connectivity index (χ1n) is 5.94. The number of methoxy groups -OCH3 is 1. The molecule has 0 aromatic heterocycles. The fraction of sp³-hybridized carbons (Fsp3) is 0.538. The zero-order valence-electron chi connectivity index (χ0n) is 10.6. The van der Waals surface area contributed by atoms with Gasteiger partial charge in [-0.1, -0.05) is 0 Å². The third-order valence-corrected chi connectivity index (χ3v) is 3.00. The molecule has 4 heteroatoms. The van der Waals surface area contributed by atoms with Crippen molar-refractivity contribution >= 4 is 11.4 Å². The highest BCUT2D eigenvalue weighted by atomic mass is 16.5. The molecule has 0 bridgehead atoms. The second-order valence-electron chi connectivity index (χ2n) is 4.59. The fourth-order valence-corrected chi connectivity index (χ4v) is 2.29. The molecule has 0 radical (unpaired) electrons. The van der Waals surface area contributed by atoms with Crippen LogP contribution in [0.2, 0.25) is 0 Å². The number of morpholine rings is 1. The fourth-order valence-electron chi connectivity index (χ4n) is 2.29. The minimum Gasteiger partial charge on any atom is -0.495 e. The molecule has 2 atom stereocenters. The molecule has 1 aliphatic rings. The Labute approximate surface area is 102 Å². The summed E-state index contributed by atoms with van der Waals surface area (Å²) in [6.45, 7) is 5.99. The van der Waals surface area contributed by atoms with Crippen molar-refractivity contribution in [1.82, 2.24) is 0 Å². The molecule has 0 spiro atoms. The van der Waals surface area contributed by atoms with Gasteiger partial charge in [0, 0.05) is 24.8 Å². The zero-order chi connectivity index (χ0) is 12.4. The first kappa shape index (κ1) is 12.0.